The molecule has 0 fully saturated rings. The van der Waals surface area contributed by atoms with Gasteiger partial charge in [0.05, 0.1) is 0 Å². The van der Waals surface area contributed by atoms with Crippen LogP contribution in [0.4, 0.5) is 0 Å². The molecule has 2 rings (SSSR count). The summed E-state index contributed by atoms with van der Waals surface area (Å²) in [4.78, 5) is 0. The molecule has 0 bridgehead atoms. The Bertz CT molecular complexity index is 393. The summed E-state index contributed by atoms with van der Waals surface area (Å²) in [6.07, 6.45) is 12.8. The molecule has 0 saturated carbocycles. The summed E-state index contributed by atoms with van der Waals surface area (Å²) in [5.74, 6) is 0. The van der Waals surface area contributed by atoms with Gasteiger partial charge in [0.25, 0.3) is 0 Å². The highest BCUT2D eigenvalue weighted by Gasteiger charge is 2.12. The molecule has 0 heterocycles. The lowest BCUT2D eigenvalue weighted by Crippen LogP contribution is -2.31. The molecule has 1 aromatic rings. The first-order valence-electron chi connectivity index (χ1n) is 8.33. The third kappa shape index (κ3) is 5.50. The van der Waals surface area contributed by atoms with Crippen LogP contribution in [0, 0.1) is 0 Å². The Balaban J connectivity index is 1.84. The van der Waals surface area contributed by atoms with Crippen molar-refractivity contribution in [2.24, 2.45) is 0 Å². The first-order valence-corrected chi connectivity index (χ1v) is 8.33. The highest BCUT2D eigenvalue weighted by Crippen LogP contribution is 2.22. The maximum atomic E-state index is 3.75. The third-order valence-electron chi connectivity index (χ3n) is 4.20. The highest BCUT2D eigenvalue weighted by atomic mass is 14.9. The molecule has 20 heavy (non-hydrogen) atoms. The Hall–Kier alpha value is -1.08. The molecule has 1 N–H and O–H groups in total. The van der Waals surface area contributed by atoms with E-state index in [2.05, 4.69) is 48.6 Å². The standard InChI is InChI=1S/C19H29N/c1-2-15-20-19(16-18-11-7-4-8-12-18)14-13-17-9-5-3-6-10-17/h3,5-6,9-11,19-20H,2,4,7-8,12-16H2,1H3. The summed E-state index contributed by atoms with van der Waals surface area (Å²) in [5.41, 5.74) is 3.16. The lowest BCUT2D eigenvalue weighted by atomic mass is 9.92. The molecule has 0 aromatic heterocycles. The zero-order valence-electron chi connectivity index (χ0n) is 12.9. The van der Waals surface area contributed by atoms with Crippen LogP contribution in [0.5, 0.6) is 0 Å². The van der Waals surface area contributed by atoms with E-state index in [0.717, 1.165) is 6.54 Å². The van der Waals surface area contributed by atoms with Gasteiger partial charge in [0, 0.05) is 6.04 Å². The van der Waals surface area contributed by atoms with Crippen molar-refractivity contribution in [2.75, 3.05) is 6.54 Å². The molecule has 0 aliphatic heterocycles. The van der Waals surface area contributed by atoms with E-state index in [1.807, 2.05) is 0 Å². The average molecular weight is 271 g/mol. The van der Waals surface area contributed by atoms with Crippen molar-refractivity contribution >= 4 is 0 Å². The summed E-state index contributed by atoms with van der Waals surface area (Å²) < 4.78 is 0. The third-order valence-corrected chi connectivity index (χ3v) is 4.20. The molecule has 1 unspecified atom stereocenters. The number of allylic oxidation sites excluding steroid dienone is 1. The van der Waals surface area contributed by atoms with Crippen LogP contribution >= 0.6 is 0 Å². The van der Waals surface area contributed by atoms with Crippen LogP contribution in [-0.4, -0.2) is 12.6 Å². The van der Waals surface area contributed by atoms with E-state index in [9.17, 15) is 0 Å². The number of hydrogen-bond donors (Lipinski definition) is 1. The molecule has 1 aromatic carbocycles. The fourth-order valence-corrected chi connectivity index (χ4v) is 3.02. The Kier molecular flexibility index (Phi) is 6.86. The minimum absolute atomic E-state index is 0.652. The van der Waals surface area contributed by atoms with Gasteiger partial charge >= 0.3 is 0 Å². The summed E-state index contributed by atoms with van der Waals surface area (Å²) >= 11 is 0. The Morgan fingerprint density at radius 2 is 2.00 bits per heavy atom. The number of rotatable bonds is 8. The van der Waals surface area contributed by atoms with Crippen LogP contribution < -0.4 is 5.32 Å². The van der Waals surface area contributed by atoms with Gasteiger partial charge in [0.15, 0.2) is 0 Å². The second-order valence-electron chi connectivity index (χ2n) is 5.99. The van der Waals surface area contributed by atoms with Gasteiger partial charge in [-0.1, -0.05) is 48.9 Å². The van der Waals surface area contributed by atoms with Crippen molar-refractivity contribution in [2.45, 2.75) is 64.3 Å². The predicted molar refractivity (Wildman–Crippen MR) is 88.0 cm³/mol. The zero-order chi connectivity index (χ0) is 14.0. The van der Waals surface area contributed by atoms with Gasteiger partial charge in [-0.2, -0.15) is 0 Å². The molecule has 1 nitrogen and oxygen atoms in total. The van der Waals surface area contributed by atoms with Crippen LogP contribution in [0.15, 0.2) is 42.0 Å². The van der Waals surface area contributed by atoms with Gasteiger partial charge in [-0.15, -0.1) is 0 Å². The lowest BCUT2D eigenvalue weighted by Gasteiger charge is -2.22. The van der Waals surface area contributed by atoms with Crippen LogP contribution in [0.1, 0.15) is 57.4 Å². The van der Waals surface area contributed by atoms with Crippen LogP contribution in [0.3, 0.4) is 0 Å². The van der Waals surface area contributed by atoms with Crippen molar-refractivity contribution in [3.8, 4) is 0 Å². The lowest BCUT2D eigenvalue weighted by molar-refractivity contribution is 0.466. The fraction of sp³-hybridized carbons (Fsp3) is 0.579. The van der Waals surface area contributed by atoms with E-state index in [1.54, 1.807) is 5.57 Å². The van der Waals surface area contributed by atoms with E-state index in [1.165, 1.54) is 56.9 Å². The summed E-state index contributed by atoms with van der Waals surface area (Å²) in [5, 5.41) is 3.75. The van der Waals surface area contributed by atoms with Crippen molar-refractivity contribution in [1.29, 1.82) is 0 Å². The van der Waals surface area contributed by atoms with E-state index in [4.69, 9.17) is 0 Å². The first kappa shape index (κ1) is 15.3. The van der Waals surface area contributed by atoms with Gasteiger partial charge in [0.2, 0.25) is 0 Å². The molecule has 1 aliphatic rings. The van der Waals surface area contributed by atoms with Gasteiger partial charge in [-0.3, -0.25) is 0 Å². The molecule has 1 heteroatoms. The van der Waals surface area contributed by atoms with Crippen LogP contribution in [0.2, 0.25) is 0 Å². The van der Waals surface area contributed by atoms with Crippen molar-refractivity contribution < 1.29 is 0 Å². The normalized spacial score (nSPS) is 16.8. The SMILES string of the molecule is CCCNC(CCc1ccccc1)CC1=CCCCC1. The number of nitrogens with one attached hydrogen (secondary N) is 1. The molecular weight excluding hydrogens is 242 g/mol. The van der Waals surface area contributed by atoms with Crippen molar-refractivity contribution in [3.63, 3.8) is 0 Å². The second-order valence-corrected chi connectivity index (χ2v) is 5.99. The summed E-state index contributed by atoms with van der Waals surface area (Å²) in [6, 6.07) is 11.5. The number of hydrogen-bond acceptors (Lipinski definition) is 1. The minimum Gasteiger partial charge on any atom is -0.314 e. The molecule has 0 saturated heterocycles. The molecule has 1 aliphatic carbocycles. The van der Waals surface area contributed by atoms with Gasteiger partial charge in [-0.25, -0.2) is 0 Å². The largest absolute Gasteiger partial charge is 0.314 e. The topological polar surface area (TPSA) is 12.0 Å². The van der Waals surface area contributed by atoms with E-state index >= 15 is 0 Å². The fourth-order valence-electron chi connectivity index (χ4n) is 3.02. The first-order chi connectivity index (χ1) is 9.88. The molecule has 0 amide bonds. The van der Waals surface area contributed by atoms with Crippen molar-refractivity contribution in [3.05, 3.63) is 47.5 Å². The van der Waals surface area contributed by atoms with E-state index in [0.29, 0.717) is 6.04 Å². The second kappa shape index (κ2) is 8.97. The van der Waals surface area contributed by atoms with E-state index < -0.39 is 0 Å². The summed E-state index contributed by atoms with van der Waals surface area (Å²) in [7, 11) is 0. The molecule has 1 atom stereocenters. The zero-order valence-corrected chi connectivity index (χ0v) is 12.9. The van der Waals surface area contributed by atoms with E-state index in [-0.39, 0.29) is 0 Å². The highest BCUT2D eigenvalue weighted by molar-refractivity contribution is 5.15. The monoisotopic (exact) mass is 271 g/mol. The minimum atomic E-state index is 0.652. The predicted octanol–water partition coefficient (Wildman–Crippen LogP) is 4.88. The van der Waals surface area contributed by atoms with Gasteiger partial charge in [0.1, 0.15) is 0 Å². The Morgan fingerprint density at radius 1 is 1.15 bits per heavy atom. The van der Waals surface area contributed by atoms with Gasteiger partial charge < -0.3 is 5.32 Å². The molecule has 0 radical (unpaired) electrons. The Labute approximate surface area is 124 Å². The molecule has 110 valence electrons. The smallest absolute Gasteiger partial charge is 0.0107 e. The number of benzene rings is 1. The quantitative estimate of drug-likeness (QED) is 0.665. The maximum absolute atomic E-state index is 3.75. The Morgan fingerprint density at radius 3 is 2.70 bits per heavy atom. The maximum Gasteiger partial charge on any atom is 0.0107 e. The summed E-state index contributed by atoms with van der Waals surface area (Å²) in [6.45, 7) is 3.40. The van der Waals surface area contributed by atoms with Crippen LogP contribution in [-0.2, 0) is 6.42 Å². The number of aryl methyl sites for hydroxylation is 1. The van der Waals surface area contributed by atoms with Crippen molar-refractivity contribution in [1.82, 2.24) is 5.32 Å². The van der Waals surface area contributed by atoms with Crippen LogP contribution in [0.25, 0.3) is 0 Å². The molecular formula is C19H29N. The average Bonchev–Trinajstić information content (AvgIpc) is 2.52. The van der Waals surface area contributed by atoms with Gasteiger partial charge in [-0.05, 0) is 63.5 Å². The molecule has 0 spiro atoms.